The van der Waals surface area contributed by atoms with E-state index in [4.69, 9.17) is 0 Å². The third-order valence-electron chi connectivity index (χ3n) is 3.23. The van der Waals surface area contributed by atoms with E-state index in [0.29, 0.717) is 16.3 Å². The lowest BCUT2D eigenvalue weighted by Crippen LogP contribution is -1.67. The number of rotatable bonds is 2. The summed E-state index contributed by atoms with van der Waals surface area (Å²) in [5.74, 6) is 0.416. The van der Waals surface area contributed by atoms with Crippen LogP contribution < -0.4 is 0 Å². The predicted molar refractivity (Wildman–Crippen MR) is 91.5 cm³/mol. The van der Waals surface area contributed by atoms with Crippen molar-refractivity contribution in [1.29, 1.82) is 0 Å². The van der Waals surface area contributed by atoms with Crippen molar-refractivity contribution in [2.45, 2.75) is 0 Å². The van der Waals surface area contributed by atoms with Gasteiger partial charge in [-0.15, -0.1) is 10.2 Å². The number of azo groups is 1. The lowest BCUT2D eigenvalue weighted by atomic mass is 10.2. The van der Waals surface area contributed by atoms with E-state index >= 15 is 0 Å². The summed E-state index contributed by atoms with van der Waals surface area (Å²) in [7, 11) is 0. The van der Waals surface area contributed by atoms with Crippen molar-refractivity contribution < 1.29 is 5.11 Å². The van der Waals surface area contributed by atoms with Crippen LogP contribution in [0.1, 0.15) is 0 Å². The van der Waals surface area contributed by atoms with Crippen LogP contribution in [0.15, 0.2) is 57.2 Å². The summed E-state index contributed by atoms with van der Waals surface area (Å²) in [6, 6.07) is 13.4. The maximum atomic E-state index is 10.2. The minimum absolute atomic E-state index is 0.0901. The van der Waals surface area contributed by atoms with Crippen LogP contribution in [0.25, 0.3) is 21.1 Å². The van der Waals surface area contributed by atoms with Crippen LogP contribution in [-0.4, -0.2) is 15.1 Å². The second kappa shape index (κ2) is 5.19. The molecule has 2 aromatic heterocycles. The van der Waals surface area contributed by atoms with Crippen molar-refractivity contribution in [3.8, 4) is 5.75 Å². The molecule has 0 fully saturated rings. The Labute approximate surface area is 137 Å². The van der Waals surface area contributed by atoms with Crippen LogP contribution in [-0.2, 0) is 0 Å². The fourth-order valence-electron chi connectivity index (χ4n) is 2.21. The number of hydrogen-bond acceptors (Lipinski definition) is 5. The van der Waals surface area contributed by atoms with Crippen molar-refractivity contribution in [3.05, 3.63) is 46.9 Å². The molecule has 22 heavy (non-hydrogen) atoms. The second-order valence-corrected chi connectivity index (χ2v) is 6.60. The van der Waals surface area contributed by atoms with E-state index < -0.39 is 0 Å². The Bertz CT molecular complexity index is 988. The molecular formula is C15H9BrN4OS. The molecule has 0 bridgehead atoms. The van der Waals surface area contributed by atoms with E-state index in [9.17, 15) is 5.11 Å². The molecule has 108 valence electrons. The van der Waals surface area contributed by atoms with Gasteiger partial charge < -0.3 is 10.1 Å². The minimum atomic E-state index is 0.0901. The fourth-order valence-corrected chi connectivity index (χ4v) is 3.36. The molecule has 5 nitrogen and oxygen atoms in total. The Morgan fingerprint density at radius 1 is 1.14 bits per heavy atom. The average molecular weight is 373 g/mol. The first-order valence-electron chi connectivity index (χ1n) is 6.48. The highest BCUT2D eigenvalue weighted by Crippen LogP contribution is 2.37. The highest BCUT2D eigenvalue weighted by Gasteiger charge is 2.10. The van der Waals surface area contributed by atoms with Crippen molar-refractivity contribution in [2.75, 3.05) is 0 Å². The zero-order valence-corrected chi connectivity index (χ0v) is 13.5. The van der Waals surface area contributed by atoms with Crippen molar-refractivity contribution in [2.24, 2.45) is 10.2 Å². The molecular weight excluding hydrogens is 364 g/mol. The molecule has 4 aromatic rings. The Kier molecular flexibility index (Phi) is 3.16. The molecule has 0 aliphatic carbocycles. The van der Waals surface area contributed by atoms with Gasteiger partial charge in [0.05, 0.1) is 15.7 Å². The molecule has 0 spiro atoms. The summed E-state index contributed by atoms with van der Waals surface area (Å²) in [5, 5.41) is 19.7. The van der Waals surface area contributed by atoms with E-state index in [1.807, 2.05) is 42.5 Å². The molecule has 0 radical (unpaired) electrons. The molecule has 0 aliphatic rings. The summed E-state index contributed by atoms with van der Waals surface area (Å²) < 4.78 is 1.98. The molecule has 0 saturated carbocycles. The predicted octanol–water partition coefficient (Wildman–Crippen LogP) is 5.66. The Balaban J connectivity index is 1.74. The van der Waals surface area contributed by atoms with Crippen LogP contribution in [0.4, 0.5) is 10.9 Å². The smallest absolute Gasteiger partial charge is 0.231 e. The van der Waals surface area contributed by atoms with Gasteiger partial charge in [0.15, 0.2) is 11.6 Å². The number of aromatic hydroxyl groups is 1. The van der Waals surface area contributed by atoms with E-state index in [2.05, 4.69) is 36.1 Å². The molecule has 0 saturated heterocycles. The lowest BCUT2D eigenvalue weighted by Gasteiger charge is -1.90. The Hall–Kier alpha value is -2.25. The molecule has 7 heteroatoms. The number of hydrogen-bond donors (Lipinski definition) is 2. The maximum absolute atomic E-state index is 10.2. The highest BCUT2D eigenvalue weighted by molar-refractivity contribution is 9.10. The Morgan fingerprint density at radius 3 is 2.86 bits per heavy atom. The summed E-state index contributed by atoms with van der Waals surface area (Å²) in [4.78, 5) is 7.43. The summed E-state index contributed by atoms with van der Waals surface area (Å²) in [6.45, 7) is 0. The number of nitrogens with one attached hydrogen (secondary N) is 1. The average Bonchev–Trinajstić information content (AvgIpc) is 3.06. The number of halogens is 1. The van der Waals surface area contributed by atoms with Crippen molar-refractivity contribution in [3.63, 3.8) is 0 Å². The van der Waals surface area contributed by atoms with Gasteiger partial charge in [-0.1, -0.05) is 39.4 Å². The van der Waals surface area contributed by atoms with Gasteiger partial charge in [0.2, 0.25) is 5.13 Å². The zero-order valence-electron chi connectivity index (χ0n) is 11.1. The van der Waals surface area contributed by atoms with E-state index in [0.717, 1.165) is 20.2 Å². The quantitative estimate of drug-likeness (QED) is 0.445. The van der Waals surface area contributed by atoms with Gasteiger partial charge in [0.1, 0.15) is 0 Å². The molecule has 2 aromatic carbocycles. The van der Waals surface area contributed by atoms with Crippen LogP contribution in [0, 0.1) is 0 Å². The number of para-hydroxylation sites is 1. The zero-order chi connectivity index (χ0) is 15.1. The topological polar surface area (TPSA) is 73.6 Å². The van der Waals surface area contributed by atoms with E-state index in [1.54, 1.807) is 0 Å². The van der Waals surface area contributed by atoms with Crippen LogP contribution in [0.5, 0.6) is 5.75 Å². The normalized spacial score (nSPS) is 11.9. The van der Waals surface area contributed by atoms with Gasteiger partial charge in [-0.25, -0.2) is 4.98 Å². The third-order valence-corrected chi connectivity index (χ3v) is 4.65. The van der Waals surface area contributed by atoms with Gasteiger partial charge in [-0.05, 0) is 30.3 Å². The van der Waals surface area contributed by atoms with Crippen molar-refractivity contribution in [1.82, 2.24) is 9.97 Å². The minimum Gasteiger partial charge on any atom is -0.504 e. The highest BCUT2D eigenvalue weighted by atomic mass is 79.9. The summed E-state index contributed by atoms with van der Waals surface area (Å²) in [5.41, 5.74) is 1.69. The standard InChI is InChI=1S/C15H9BrN4OS/c16-8-5-6-9-11(7-8)17-14(13(9)21)19-20-15-18-10-3-1-2-4-12(10)22-15/h1-7,17,21H/b20-19+. The maximum Gasteiger partial charge on any atom is 0.231 e. The van der Waals surface area contributed by atoms with E-state index in [-0.39, 0.29) is 5.75 Å². The monoisotopic (exact) mass is 372 g/mol. The molecule has 4 rings (SSSR count). The van der Waals surface area contributed by atoms with Crippen LogP contribution >= 0.6 is 27.3 Å². The molecule has 2 heterocycles. The number of fused-ring (bicyclic) bond motifs is 2. The number of nitrogens with zero attached hydrogens (tertiary/aromatic N) is 3. The van der Waals surface area contributed by atoms with Crippen LogP contribution in [0.2, 0.25) is 0 Å². The first kappa shape index (κ1) is 13.4. The Morgan fingerprint density at radius 2 is 2.00 bits per heavy atom. The van der Waals surface area contributed by atoms with Gasteiger partial charge >= 0.3 is 0 Å². The number of H-pyrrole nitrogens is 1. The SMILES string of the molecule is Oc1c(/N=N/c2nc3ccccc3s2)[nH]c2cc(Br)ccc12. The lowest BCUT2D eigenvalue weighted by molar-refractivity contribution is 0.482. The summed E-state index contributed by atoms with van der Waals surface area (Å²) in [6.07, 6.45) is 0. The fraction of sp³-hybridized carbons (Fsp3) is 0. The summed E-state index contributed by atoms with van der Waals surface area (Å²) >= 11 is 4.85. The first-order chi connectivity index (χ1) is 10.7. The largest absolute Gasteiger partial charge is 0.504 e. The van der Waals surface area contributed by atoms with E-state index in [1.165, 1.54) is 11.3 Å². The second-order valence-electron chi connectivity index (χ2n) is 4.68. The molecule has 0 atom stereocenters. The molecule has 0 amide bonds. The van der Waals surface area contributed by atoms with Crippen LogP contribution in [0.3, 0.4) is 0 Å². The molecule has 2 N–H and O–H groups in total. The molecule has 0 unspecified atom stereocenters. The van der Waals surface area contributed by atoms with Gasteiger partial charge in [0.25, 0.3) is 0 Å². The number of benzene rings is 2. The third kappa shape index (κ3) is 2.28. The van der Waals surface area contributed by atoms with Gasteiger partial charge in [0, 0.05) is 9.86 Å². The van der Waals surface area contributed by atoms with Gasteiger partial charge in [-0.2, -0.15) is 0 Å². The van der Waals surface area contributed by atoms with Gasteiger partial charge in [-0.3, -0.25) is 0 Å². The molecule has 0 aliphatic heterocycles. The number of aromatic nitrogens is 2. The number of aromatic amines is 1. The number of thiazole rings is 1. The van der Waals surface area contributed by atoms with Crippen molar-refractivity contribution >= 4 is 59.3 Å². The first-order valence-corrected chi connectivity index (χ1v) is 8.09.